The van der Waals surface area contributed by atoms with Crippen molar-refractivity contribution in [3.05, 3.63) is 35.9 Å². The lowest BCUT2D eigenvalue weighted by Gasteiger charge is -2.24. The molecule has 7 nitrogen and oxygen atoms in total. The fraction of sp³-hybridized carbons (Fsp3) is 0.500. The lowest BCUT2D eigenvalue weighted by atomic mass is 10.2. The van der Waals surface area contributed by atoms with E-state index >= 15 is 0 Å². The molecule has 0 bridgehead atoms. The Morgan fingerprint density at radius 1 is 1.62 bits per heavy atom. The molecule has 3 unspecified atom stereocenters. The van der Waals surface area contributed by atoms with Gasteiger partial charge in [0, 0.05) is 23.8 Å². The maximum absolute atomic E-state index is 13.0. The topological polar surface area (TPSA) is 85.3 Å². The smallest absolute Gasteiger partial charge is 0.256 e. The molecule has 3 atom stereocenters. The van der Waals surface area contributed by atoms with Gasteiger partial charge in [0.1, 0.15) is 22.9 Å². The summed E-state index contributed by atoms with van der Waals surface area (Å²) in [6.45, 7) is 3.69. The van der Waals surface area contributed by atoms with Gasteiger partial charge in [0.05, 0.1) is 18.0 Å². The number of hydrogen-bond acceptors (Lipinski definition) is 4. The Labute approximate surface area is 175 Å². The van der Waals surface area contributed by atoms with Crippen LogP contribution in [0.25, 0.3) is 5.69 Å². The number of aromatic nitrogens is 3. The third kappa shape index (κ3) is 4.99. The molecule has 2 aromatic rings. The van der Waals surface area contributed by atoms with E-state index in [2.05, 4.69) is 5.10 Å². The fourth-order valence-corrected chi connectivity index (χ4v) is 4.93. The van der Waals surface area contributed by atoms with Gasteiger partial charge in [-0.2, -0.15) is 5.10 Å². The quantitative estimate of drug-likeness (QED) is 0.382. The van der Waals surface area contributed by atoms with Crippen LogP contribution in [0.1, 0.15) is 20.3 Å². The summed E-state index contributed by atoms with van der Waals surface area (Å²) < 4.78 is 40.5. The zero-order valence-corrected chi connectivity index (χ0v) is 17.5. The molecule has 1 N–H and O–H groups in total. The number of nitrogens with zero attached hydrogens (tertiary/aromatic N) is 4. The molecule has 1 saturated carbocycles. The molecule has 2 heterocycles. The van der Waals surface area contributed by atoms with E-state index in [1.54, 1.807) is 32.2 Å². The maximum atomic E-state index is 13.0. The Morgan fingerprint density at radius 3 is 2.90 bits per heavy atom. The first kappa shape index (κ1) is 21.8. The summed E-state index contributed by atoms with van der Waals surface area (Å²) in [4.78, 5) is 14.3. The minimum atomic E-state index is -2.72. The number of amides is 1. The average molecular weight is 448 g/mol. The van der Waals surface area contributed by atoms with Crippen LogP contribution in [0.15, 0.2) is 30.7 Å². The monoisotopic (exact) mass is 447 g/mol. The normalized spacial score (nSPS) is 19.6. The summed E-state index contributed by atoms with van der Waals surface area (Å²) in [5.74, 6) is -4.58. The molecule has 1 amide bonds. The number of pyridine rings is 1. The zero-order chi connectivity index (χ0) is 21.3. The summed E-state index contributed by atoms with van der Waals surface area (Å²) in [6, 6.07) is 3.32. The number of alkyl halides is 2. The van der Waals surface area contributed by atoms with Crippen LogP contribution in [0.5, 0.6) is 0 Å². The number of rotatable bonds is 8. The van der Waals surface area contributed by atoms with Gasteiger partial charge >= 0.3 is 0 Å². The van der Waals surface area contributed by atoms with Gasteiger partial charge in [0.2, 0.25) is 18.3 Å². The van der Waals surface area contributed by atoms with E-state index in [1.165, 1.54) is 22.0 Å². The maximum Gasteiger partial charge on any atom is 0.256 e. The van der Waals surface area contributed by atoms with E-state index in [1.807, 2.05) is 0 Å². The van der Waals surface area contributed by atoms with E-state index in [4.69, 9.17) is 11.6 Å². The molecule has 0 spiro atoms. The van der Waals surface area contributed by atoms with Gasteiger partial charge in [-0.05, 0) is 19.9 Å². The first-order chi connectivity index (χ1) is 13.6. The van der Waals surface area contributed by atoms with Crippen LogP contribution in [0, 0.1) is 11.8 Å². The molecule has 0 saturated heterocycles. The van der Waals surface area contributed by atoms with Crippen molar-refractivity contribution in [2.45, 2.75) is 26.2 Å². The second-order valence-electron chi connectivity index (χ2n) is 7.11. The number of carbonyl (C=O) groups is 1. The minimum Gasteiger partial charge on any atom is -0.616 e. The SMILES string of the molecule is CCN(C(=O)C(C)C[S+]([O-])CC1CC1(F)F)c1cn(-c2ccc[n+](O)c2)nc1Cl. The predicted molar refractivity (Wildman–Crippen MR) is 104 cm³/mol. The van der Waals surface area contributed by atoms with Crippen molar-refractivity contribution in [3.63, 3.8) is 0 Å². The molecule has 0 aromatic carbocycles. The Morgan fingerprint density at radius 2 is 2.31 bits per heavy atom. The first-order valence-electron chi connectivity index (χ1n) is 9.12. The average Bonchev–Trinajstić information content (AvgIpc) is 3.06. The standard InChI is InChI=1S/C18H22ClF2N4O3S/c1-3-24(17(26)12(2)10-29(28)11-13-7-18(13,20)21)15-9-25(22-16(15)19)14-5-4-6-23(27)8-14/h4-6,8-9,12-13,27H,3,7,10-11H2,1-2H3/q+1. The number of hydrogen-bond donors (Lipinski definition) is 1. The van der Waals surface area contributed by atoms with E-state index in [-0.39, 0.29) is 29.0 Å². The molecule has 11 heteroatoms. The predicted octanol–water partition coefficient (Wildman–Crippen LogP) is 2.44. The van der Waals surface area contributed by atoms with Crippen LogP contribution in [0.2, 0.25) is 5.15 Å². The minimum absolute atomic E-state index is 0.0108. The summed E-state index contributed by atoms with van der Waals surface area (Å²) >= 11 is 4.73. The molecule has 1 aliphatic rings. The highest BCUT2D eigenvalue weighted by molar-refractivity contribution is 7.91. The van der Waals surface area contributed by atoms with Gasteiger partial charge in [-0.15, -0.1) is 0 Å². The van der Waals surface area contributed by atoms with E-state index in [9.17, 15) is 23.3 Å². The number of carbonyl (C=O) groups excluding carboxylic acids is 1. The molecule has 3 rings (SSSR count). The van der Waals surface area contributed by atoms with E-state index in [0.717, 1.165) is 4.73 Å². The van der Waals surface area contributed by atoms with Crippen molar-refractivity contribution < 1.29 is 28.1 Å². The van der Waals surface area contributed by atoms with Crippen LogP contribution in [-0.2, 0) is 16.0 Å². The third-order valence-corrected chi connectivity index (χ3v) is 6.67. The van der Waals surface area contributed by atoms with Crippen LogP contribution in [0.3, 0.4) is 0 Å². The van der Waals surface area contributed by atoms with Gasteiger partial charge < -0.3 is 9.45 Å². The second kappa shape index (κ2) is 8.45. The lowest BCUT2D eigenvalue weighted by molar-refractivity contribution is -0.904. The molecule has 158 valence electrons. The Balaban J connectivity index is 1.70. The first-order valence-corrected chi connectivity index (χ1v) is 11.0. The highest BCUT2D eigenvalue weighted by Gasteiger charge is 2.59. The molecule has 2 aromatic heterocycles. The molecule has 29 heavy (non-hydrogen) atoms. The molecule has 1 aliphatic carbocycles. The number of halogens is 3. The Hall–Kier alpha value is -1.91. The Bertz CT molecular complexity index is 898. The lowest BCUT2D eigenvalue weighted by Crippen LogP contribution is -2.38. The molecular formula is C18H22ClF2N4O3S+. The Kier molecular flexibility index (Phi) is 6.35. The van der Waals surface area contributed by atoms with Crippen LogP contribution in [0.4, 0.5) is 14.5 Å². The van der Waals surface area contributed by atoms with Crippen LogP contribution < -0.4 is 9.63 Å². The van der Waals surface area contributed by atoms with Crippen LogP contribution >= 0.6 is 11.6 Å². The van der Waals surface area contributed by atoms with Crippen molar-refractivity contribution in [2.24, 2.45) is 11.8 Å². The highest BCUT2D eigenvalue weighted by Crippen LogP contribution is 2.49. The summed E-state index contributed by atoms with van der Waals surface area (Å²) in [6.07, 6.45) is 4.19. The molecular weight excluding hydrogens is 426 g/mol. The summed E-state index contributed by atoms with van der Waals surface area (Å²) in [7, 11) is 0. The zero-order valence-electron chi connectivity index (χ0n) is 16.0. The largest absolute Gasteiger partial charge is 0.616 e. The molecule has 0 radical (unpaired) electrons. The van der Waals surface area contributed by atoms with Gasteiger partial charge in [0.15, 0.2) is 5.15 Å². The van der Waals surface area contributed by atoms with Crippen molar-refractivity contribution in [1.29, 1.82) is 0 Å². The van der Waals surface area contributed by atoms with E-state index < -0.39 is 28.9 Å². The van der Waals surface area contributed by atoms with E-state index in [0.29, 0.717) is 17.9 Å². The molecule has 0 aliphatic heterocycles. The van der Waals surface area contributed by atoms with Crippen molar-refractivity contribution in [2.75, 3.05) is 23.0 Å². The highest BCUT2D eigenvalue weighted by atomic mass is 35.5. The van der Waals surface area contributed by atoms with Gasteiger partial charge in [0.25, 0.3) is 5.92 Å². The van der Waals surface area contributed by atoms with Crippen molar-refractivity contribution >= 4 is 34.4 Å². The fourth-order valence-electron chi connectivity index (χ4n) is 3.05. The summed E-state index contributed by atoms with van der Waals surface area (Å²) in [5.41, 5.74) is 0.907. The van der Waals surface area contributed by atoms with Gasteiger partial charge in [-0.3, -0.25) is 10.0 Å². The van der Waals surface area contributed by atoms with Crippen molar-refractivity contribution in [1.82, 2.24) is 9.78 Å². The molecule has 1 fully saturated rings. The van der Waals surface area contributed by atoms with Gasteiger partial charge in [-0.1, -0.05) is 22.8 Å². The van der Waals surface area contributed by atoms with Crippen LogP contribution in [-0.4, -0.2) is 49.4 Å². The number of anilines is 1. The van der Waals surface area contributed by atoms with Crippen molar-refractivity contribution in [3.8, 4) is 5.69 Å². The second-order valence-corrected chi connectivity index (χ2v) is 9.01. The summed E-state index contributed by atoms with van der Waals surface area (Å²) in [5, 5.41) is 13.8. The van der Waals surface area contributed by atoms with Gasteiger partial charge in [-0.25, -0.2) is 13.5 Å². The third-order valence-electron chi connectivity index (χ3n) is 4.76.